The first-order valence-electron chi connectivity index (χ1n) is 6.98. The van der Waals surface area contributed by atoms with Gasteiger partial charge in [0.1, 0.15) is 6.04 Å². The van der Waals surface area contributed by atoms with Crippen molar-refractivity contribution in [1.29, 1.82) is 0 Å². The monoisotopic (exact) mass is 317 g/mol. The smallest absolute Gasteiger partial charge is 0.303 e. The van der Waals surface area contributed by atoms with Crippen molar-refractivity contribution in [3.05, 3.63) is 29.8 Å². The summed E-state index contributed by atoms with van der Waals surface area (Å²) in [6, 6.07) is 4.88. The topological polar surface area (TPSA) is 122 Å². The molecule has 0 bridgehead atoms. The Morgan fingerprint density at radius 2 is 1.87 bits per heavy atom. The van der Waals surface area contributed by atoms with Crippen LogP contribution < -0.4 is 16.4 Å². The number of carboxylic acids is 1. The van der Waals surface area contributed by atoms with Gasteiger partial charge in [0.15, 0.2) is 0 Å². The third-order valence-corrected chi connectivity index (χ3v) is 3.08. The van der Waals surface area contributed by atoms with E-state index >= 15 is 0 Å². The maximum absolute atomic E-state index is 12.0. The van der Waals surface area contributed by atoms with Crippen LogP contribution in [0.1, 0.15) is 25.3 Å². The van der Waals surface area contributed by atoms with E-state index in [0.29, 0.717) is 11.3 Å². The second kappa shape index (κ2) is 8.56. The molecule has 5 N–H and O–H groups in total. The van der Waals surface area contributed by atoms with E-state index in [0.717, 1.165) is 0 Å². The van der Waals surface area contributed by atoms with E-state index in [1.165, 1.54) is 6.92 Å². The molecule has 2 atom stereocenters. The Bertz CT molecular complexity index is 619. The van der Waals surface area contributed by atoms with Crippen LogP contribution in [-0.4, -0.2) is 35.0 Å². The highest BCUT2D eigenvalue weighted by Crippen LogP contribution is 2.09. The number of aliphatic carboxylic acids is 1. The average Bonchev–Trinajstić information content (AvgIpc) is 2.52. The maximum Gasteiger partial charge on any atom is 0.303 e. The van der Waals surface area contributed by atoms with Crippen LogP contribution in [0.3, 0.4) is 0 Å². The lowest BCUT2D eigenvalue weighted by Crippen LogP contribution is -2.48. The Kier molecular flexibility index (Phi) is 6.77. The fourth-order valence-corrected chi connectivity index (χ4v) is 1.70. The minimum Gasteiger partial charge on any atom is -0.481 e. The van der Waals surface area contributed by atoms with Gasteiger partial charge < -0.3 is 21.5 Å². The van der Waals surface area contributed by atoms with Crippen LogP contribution in [0, 0.1) is 12.3 Å². The summed E-state index contributed by atoms with van der Waals surface area (Å²) < 4.78 is 0. The largest absolute Gasteiger partial charge is 0.481 e. The third-order valence-electron chi connectivity index (χ3n) is 3.08. The quantitative estimate of drug-likeness (QED) is 0.539. The normalized spacial score (nSPS) is 12.6. The summed E-state index contributed by atoms with van der Waals surface area (Å²) in [7, 11) is 0. The van der Waals surface area contributed by atoms with Gasteiger partial charge in [-0.3, -0.25) is 14.4 Å². The second-order valence-electron chi connectivity index (χ2n) is 4.98. The molecule has 0 saturated heterocycles. The Morgan fingerprint density at radius 1 is 1.26 bits per heavy atom. The molecule has 0 fully saturated rings. The molecular formula is C16H19N3O4. The summed E-state index contributed by atoms with van der Waals surface area (Å²) >= 11 is 0. The number of rotatable bonds is 7. The number of nitrogens with one attached hydrogen (secondary N) is 2. The van der Waals surface area contributed by atoms with Gasteiger partial charge in [0.25, 0.3) is 0 Å². The molecule has 7 nitrogen and oxygen atoms in total. The van der Waals surface area contributed by atoms with Gasteiger partial charge in [-0.2, -0.15) is 0 Å². The number of hydrogen-bond donors (Lipinski definition) is 4. The molecule has 0 aromatic heterocycles. The number of anilines is 1. The van der Waals surface area contributed by atoms with Gasteiger partial charge in [-0.05, 0) is 37.6 Å². The van der Waals surface area contributed by atoms with Crippen LogP contribution in [0.4, 0.5) is 5.69 Å². The van der Waals surface area contributed by atoms with Gasteiger partial charge in [0.05, 0.1) is 6.04 Å². The molecule has 0 aliphatic carbocycles. The van der Waals surface area contributed by atoms with Crippen molar-refractivity contribution < 1.29 is 19.5 Å². The Balaban J connectivity index is 2.51. The fourth-order valence-electron chi connectivity index (χ4n) is 1.70. The molecule has 0 spiro atoms. The van der Waals surface area contributed by atoms with Gasteiger partial charge in [0.2, 0.25) is 11.8 Å². The Hall–Kier alpha value is -2.85. The standard InChI is InChI=1S/C16H19N3O4/c1-3-11-4-6-12(7-5-11)19-15(22)10(2)18-16(23)13(17)8-9-14(20)21/h1,4-7,10,13H,8-9,17H2,2H3,(H,18,23)(H,19,22)(H,20,21)/t10-,13-/m0/s1. The van der Waals surface area contributed by atoms with Gasteiger partial charge in [-0.25, -0.2) is 0 Å². The number of benzene rings is 1. The maximum atomic E-state index is 12.0. The zero-order valence-electron chi connectivity index (χ0n) is 12.7. The lowest BCUT2D eigenvalue weighted by molar-refractivity contribution is -0.137. The first kappa shape index (κ1) is 18.2. The SMILES string of the molecule is C#Cc1ccc(NC(=O)[C@H](C)NC(=O)[C@@H](N)CCC(=O)O)cc1. The van der Waals surface area contributed by atoms with E-state index in [4.69, 9.17) is 17.3 Å². The van der Waals surface area contributed by atoms with Crippen LogP contribution in [-0.2, 0) is 14.4 Å². The van der Waals surface area contributed by atoms with Crippen LogP contribution in [0.25, 0.3) is 0 Å². The first-order chi connectivity index (χ1) is 10.8. The number of nitrogens with two attached hydrogens (primary N) is 1. The molecule has 0 saturated carbocycles. The van der Waals surface area contributed by atoms with Crippen molar-refractivity contribution in [3.63, 3.8) is 0 Å². The summed E-state index contributed by atoms with van der Waals surface area (Å²) in [5.74, 6) is 0.439. The van der Waals surface area contributed by atoms with Crippen molar-refractivity contribution in [1.82, 2.24) is 5.32 Å². The Morgan fingerprint density at radius 3 is 2.39 bits per heavy atom. The molecule has 122 valence electrons. The molecule has 0 heterocycles. The summed E-state index contributed by atoms with van der Waals surface area (Å²) in [5, 5.41) is 13.6. The lowest BCUT2D eigenvalue weighted by Gasteiger charge is -2.17. The second-order valence-corrected chi connectivity index (χ2v) is 4.98. The van der Waals surface area contributed by atoms with E-state index in [2.05, 4.69) is 16.6 Å². The summed E-state index contributed by atoms with van der Waals surface area (Å²) in [6.07, 6.45) is 5.03. The summed E-state index contributed by atoms with van der Waals surface area (Å²) in [4.78, 5) is 34.2. The molecule has 2 amide bonds. The van der Waals surface area contributed by atoms with Crippen LogP contribution >= 0.6 is 0 Å². The molecule has 23 heavy (non-hydrogen) atoms. The van der Waals surface area contributed by atoms with Crippen molar-refractivity contribution in [2.24, 2.45) is 5.73 Å². The number of amides is 2. The van der Waals surface area contributed by atoms with E-state index in [1.807, 2.05) is 0 Å². The highest BCUT2D eigenvalue weighted by molar-refractivity contribution is 5.97. The van der Waals surface area contributed by atoms with Gasteiger partial charge in [-0.15, -0.1) is 6.42 Å². The van der Waals surface area contributed by atoms with E-state index in [-0.39, 0.29) is 12.8 Å². The predicted molar refractivity (Wildman–Crippen MR) is 85.5 cm³/mol. The number of carbonyl (C=O) groups is 3. The van der Waals surface area contributed by atoms with E-state index < -0.39 is 29.9 Å². The summed E-state index contributed by atoms with van der Waals surface area (Å²) in [6.45, 7) is 1.51. The van der Waals surface area contributed by atoms with Crippen LogP contribution in [0.2, 0.25) is 0 Å². The van der Waals surface area contributed by atoms with Crippen molar-refractivity contribution in [2.45, 2.75) is 31.8 Å². The average molecular weight is 317 g/mol. The molecule has 0 aliphatic rings. The highest BCUT2D eigenvalue weighted by atomic mass is 16.4. The molecule has 1 aromatic carbocycles. The van der Waals surface area contributed by atoms with Crippen LogP contribution in [0.15, 0.2) is 24.3 Å². The van der Waals surface area contributed by atoms with Gasteiger partial charge in [-0.1, -0.05) is 5.92 Å². The molecule has 1 rings (SSSR count). The van der Waals surface area contributed by atoms with Gasteiger partial charge in [0, 0.05) is 17.7 Å². The van der Waals surface area contributed by atoms with E-state index in [1.54, 1.807) is 24.3 Å². The minimum atomic E-state index is -1.03. The molecule has 7 heteroatoms. The van der Waals surface area contributed by atoms with Crippen molar-refractivity contribution in [2.75, 3.05) is 5.32 Å². The van der Waals surface area contributed by atoms with Gasteiger partial charge >= 0.3 is 5.97 Å². The zero-order valence-corrected chi connectivity index (χ0v) is 12.7. The molecule has 0 aliphatic heterocycles. The number of carboxylic acid groups (broad SMARTS) is 1. The Labute approximate surface area is 134 Å². The number of terminal acetylenes is 1. The van der Waals surface area contributed by atoms with Crippen molar-refractivity contribution in [3.8, 4) is 12.3 Å². The first-order valence-corrected chi connectivity index (χ1v) is 6.98. The highest BCUT2D eigenvalue weighted by Gasteiger charge is 2.20. The van der Waals surface area contributed by atoms with Crippen LogP contribution in [0.5, 0.6) is 0 Å². The summed E-state index contributed by atoms with van der Waals surface area (Å²) in [5.41, 5.74) is 6.81. The van der Waals surface area contributed by atoms with Crippen molar-refractivity contribution >= 4 is 23.5 Å². The molecule has 0 unspecified atom stereocenters. The predicted octanol–water partition coefficient (Wildman–Crippen LogP) is 0.303. The molecule has 0 radical (unpaired) electrons. The number of carbonyl (C=O) groups excluding carboxylic acids is 2. The molecular weight excluding hydrogens is 298 g/mol. The zero-order chi connectivity index (χ0) is 17.4. The fraction of sp³-hybridized carbons (Fsp3) is 0.312. The van der Waals surface area contributed by atoms with E-state index in [9.17, 15) is 14.4 Å². The third kappa shape index (κ3) is 6.20. The molecule has 1 aromatic rings. The number of hydrogen-bond acceptors (Lipinski definition) is 4. The minimum absolute atomic E-state index is 0.00303. The lowest BCUT2D eigenvalue weighted by atomic mass is 10.1.